The van der Waals surface area contributed by atoms with Crippen molar-refractivity contribution in [3.8, 4) is 0 Å². The van der Waals surface area contributed by atoms with Gasteiger partial charge < -0.3 is 4.74 Å². The van der Waals surface area contributed by atoms with Gasteiger partial charge in [-0.25, -0.2) is 4.79 Å². The first-order valence-corrected chi connectivity index (χ1v) is 10.2. The third kappa shape index (κ3) is 4.03. The van der Waals surface area contributed by atoms with E-state index in [4.69, 9.17) is 16.3 Å². The van der Waals surface area contributed by atoms with Crippen LogP contribution in [0.5, 0.6) is 0 Å². The minimum atomic E-state index is -0.433. The predicted octanol–water partition coefficient (Wildman–Crippen LogP) is 5.26. The van der Waals surface area contributed by atoms with Gasteiger partial charge in [-0.2, -0.15) is 0 Å². The summed E-state index contributed by atoms with van der Waals surface area (Å²) in [5.41, 5.74) is 3.69. The van der Waals surface area contributed by atoms with Crippen LogP contribution in [0, 0.1) is 5.92 Å². The molecule has 0 bridgehead atoms. The molecule has 4 nitrogen and oxygen atoms in total. The molecule has 1 aliphatic carbocycles. The van der Waals surface area contributed by atoms with Gasteiger partial charge in [0.25, 0.3) is 0 Å². The minimum Gasteiger partial charge on any atom is -0.457 e. The zero-order chi connectivity index (χ0) is 20.4. The van der Waals surface area contributed by atoms with E-state index in [1.54, 1.807) is 6.07 Å². The fourth-order valence-corrected chi connectivity index (χ4v) is 4.45. The Labute approximate surface area is 175 Å². The lowest BCUT2D eigenvalue weighted by molar-refractivity contribution is -0.140. The van der Waals surface area contributed by atoms with Crippen LogP contribution >= 0.6 is 11.6 Å². The zero-order valence-corrected chi connectivity index (χ0v) is 17.0. The lowest BCUT2D eigenvalue weighted by Gasteiger charge is -2.35. The van der Waals surface area contributed by atoms with E-state index in [2.05, 4.69) is 4.99 Å². The van der Waals surface area contributed by atoms with Gasteiger partial charge in [0.2, 0.25) is 0 Å². The Kier molecular flexibility index (Phi) is 5.63. The molecule has 1 heterocycles. The van der Waals surface area contributed by atoms with E-state index >= 15 is 0 Å². The molecule has 2 aromatic carbocycles. The molecule has 0 aromatic heterocycles. The molecule has 148 valence electrons. The van der Waals surface area contributed by atoms with Crippen molar-refractivity contribution in [1.29, 1.82) is 0 Å². The van der Waals surface area contributed by atoms with Gasteiger partial charge >= 0.3 is 5.97 Å². The van der Waals surface area contributed by atoms with E-state index < -0.39 is 17.8 Å². The number of ether oxygens (including phenoxy) is 1. The van der Waals surface area contributed by atoms with Gasteiger partial charge in [-0.05, 0) is 43.0 Å². The summed E-state index contributed by atoms with van der Waals surface area (Å²) in [7, 11) is 0. The van der Waals surface area contributed by atoms with Crippen LogP contribution in [0.15, 0.2) is 70.9 Å². The lowest BCUT2D eigenvalue weighted by atomic mass is 9.69. The Balaban J connectivity index is 1.72. The molecule has 2 aromatic rings. The largest absolute Gasteiger partial charge is 0.457 e. The lowest BCUT2D eigenvalue weighted by Crippen LogP contribution is -2.39. The molecule has 0 radical (unpaired) electrons. The highest BCUT2D eigenvalue weighted by Gasteiger charge is 2.43. The topological polar surface area (TPSA) is 55.7 Å². The van der Waals surface area contributed by atoms with Crippen molar-refractivity contribution in [3.05, 3.63) is 82.0 Å². The third-order valence-corrected chi connectivity index (χ3v) is 5.78. The monoisotopic (exact) mass is 407 g/mol. The second kappa shape index (κ2) is 8.34. The van der Waals surface area contributed by atoms with Gasteiger partial charge in [0.1, 0.15) is 12.4 Å². The minimum absolute atomic E-state index is 0.126. The maximum atomic E-state index is 13.1. The Hall–Kier alpha value is -2.72. The molecule has 0 spiro atoms. The van der Waals surface area contributed by atoms with Crippen LogP contribution in [0.25, 0.3) is 0 Å². The van der Waals surface area contributed by atoms with Gasteiger partial charge in [0.15, 0.2) is 0 Å². The van der Waals surface area contributed by atoms with Crippen LogP contribution in [0.4, 0.5) is 0 Å². The number of carbonyl (C=O) groups is 2. The van der Waals surface area contributed by atoms with Crippen molar-refractivity contribution >= 4 is 29.1 Å². The molecule has 2 aliphatic rings. The number of aliphatic imine (C=N–C) groups is 1. The van der Waals surface area contributed by atoms with Crippen LogP contribution in [0.2, 0.25) is 5.02 Å². The number of esters is 1. The van der Waals surface area contributed by atoms with Gasteiger partial charge in [-0.1, -0.05) is 54.1 Å². The SMILES string of the molecule is CC1=C(C(=O)OCc2ccccc2)[C@@H](c2cccc(Cl)c2)[C@H]2C(=O)CCCC2=N1. The molecule has 0 saturated heterocycles. The van der Waals surface area contributed by atoms with Crippen LogP contribution in [-0.4, -0.2) is 17.5 Å². The van der Waals surface area contributed by atoms with Gasteiger partial charge in [-0.3, -0.25) is 9.79 Å². The molecule has 29 heavy (non-hydrogen) atoms. The maximum Gasteiger partial charge on any atom is 0.336 e. The van der Waals surface area contributed by atoms with Crippen LogP contribution in [0.3, 0.4) is 0 Å². The first-order valence-electron chi connectivity index (χ1n) is 9.82. The van der Waals surface area contributed by atoms with E-state index in [9.17, 15) is 9.59 Å². The first-order chi connectivity index (χ1) is 14.0. The molecule has 0 N–H and O–H groups in total. The quantitative estimate of drug-likeness (QED) is 0.649. The number of rotatable bonds is 4. The van der Waals surface area contributed by atoms with Gasteiger partial charge in [-0.15, -0.1) is 0 Å². The van der Waals surface area contributed by atoms with Crippen LogP contribution < -0.4 is 0 Å². The molecular weight excluding hydrogens is 386 g/mol. The van der Waals surface area contributed by atoms with E-state index in [1.807, 2.05) is 55.5 Å². The molecule has 4 rings (SSSR count). The number of allylic oxidation sites excluding steroid dienone is 1. The maximum absolute atomic E-state index is 13.1. The molecule has 0 unspecified atom stereocenters. The summed E-state index contributed by atoms with van der Waals surface area (Å²) in [5.74, 6) is -1.15. The summed E-state index contributed by atoms with van der Waals surface area (Å²) in [4.78, 5) is 30.7. The fourth-order valence-electron chi connectivity index (χ4n) is 4.25. The number of nitrogens with zero attached hydrogens (tertiary/aromatic N) is 1. The Bertz CT molecular complexity index is 1010. The summed E-state index contributed by atoms with van der Waals surface area (Å²) in [5, 5.41) is 0.574. The molecule has 5 heteroatoms. The van der Waals surface area contributed by atoms with Gasteiger partial charge in [0, 0.05) is 28.8 Å². The average Bonchev–Trinajstić information content (AvgIpc) is 2.72. The average molecular weight is 408 g/mol. The molecule has 1 saturated carbocycles. The zero-order valence-electron chi connectivity index (χ0n) is 16.2. The van der Waals surface area contributed by atoms with Crippen molar-refractivity contribution in [2.75, 3.05) is 0 Å². The molecule has 1 aliphatic heterocycles. The Morgan fingerprint density at radius 2 is 1.90 bits per heavy atom. The Morgan fingerprint density at radius 1 is 1.10 bits per heavy atom. The number of carbonyl (C=O) groups excluding carboxylic acids is 2. The smallest absolute Gasteiger partial charge is 0.336 e. The highest BCUT2D eigenvalue weighted by Crippen LogP contribution is 2.43. The second-order valence-electron chi connectivity index (χ2n) is 7.49. The third-order valence-electron chi connectivity index (χ3n) is 5.55. The predicted molar refractivity (Wildman–Crippen MR) is 113 cm³/mol. The first kappa shape index (κ1) is 19.6. The van der Waals surface area contributed by atoms with Crippen molar-refractivity contribution in [2.24, 2.45) is 10.9 Å². The van der Waals surface area contributed by atoms with Crippen molar-refractivity contribution in [1.82, 2.24) is 0 Å². The highest BCUT2D eigenvalue weighted by atomic mass is 35.5. The summed E-state index contributed by atoms with van der Waals surface area (Å²) in [6, 6.07) is 16.9. The highest BCUT2D eigenvalue weighted by molar-refractivity contribution is 6.30. The van der Waals surface area contributed by atoms with Gasteiger partial charge in [0.05, 0.1) is 11.5 Å². The normalized spacial score (nSPS) is 21.4. The summed E-state index contributed by atoms with van der Waals surface area (Å²) < 4.78 is 5.62. The van der Waals surface area contributed by atoms with Crippen LogP contribution in [0.1, 0.15) is 43.2 Å². The molecule has 0 amide bonds. The van der Waals surface area contributed by atoms with Crippen LogP contribution in [-0.2, 0) is 20.9 Å². The number of hydrogen-bond donors (Lipinski definition) is 0. The number of halogens is 1. The number of hydrogen-bond acceptors (Lipinski definition) is 4. The molecule has 1 fully saturated rings. The van der Waals surface area contributed by atoms with E-state index in [0.29, 0.717) is 22.7 Å². The van der Waals surface area contributed by atoms with E-state index in [1.165, 1.54) is 0 Å². The van der Waals surface area contributed by atoms with Crippen molar-refractivity contribution < 1.29 is 14.3 Å². The summed E-state index contributed by atoms with van der Waals surface area (Å²) in [6.45, 7) is 1.99. The number of Topliss-reactive ketones (excluding diaryl/α,β-unsaturated/α-hetero) is 1. The second-order valence-corrected chi connectivity index (χ2v) is 7.93. The Morgan fingerprint density at radius 3 is 2.66 bits per heavy atom. The fraction of sp³-hybridized carbons (Fsp3) is 0.292. The summed E-state index contributed by atoms with van der Waals surface area (Å²) in [6.07, 6.45) is 2.08. The number of benzene rings is 2. The number of fused-ring (bicyclic) bond motifs is 1. The van der Waals surface area contributed by atoms with Crippen molar-refractivity contribution in [2.45, 2.75) is 38.7 Å². The standard InChI is InChI=1S/C24H22ClNO3/c1-15-21(24(28)29-14-16-7-3-2-4-8-16)22(17-9-5-10-18(25)13-17)23-19(26-15)11-6-12-20(23)27/h2-5,7-10,13,22-23H,6,11-12,14H2,1H3/t22-,23-/m1/s1. The van der Waals surface area contributed by atoms with E-state index in [0.717, 1.165) is 29.7 Å². The number of ketones is 1. The molecular formula is C24H22ClNO3. The molecule has 2 atom stereocenters. The summed E-state index contributed by atoms with van der Waals surface area (Å²) >= 11 is 6.23. The van der Waals surface area contributed by atoms with Crippen molar-refractivity contribution in [3.63, 3.8) is 0 Å². The van der Waals surface area contributed by atoms with E-state index in [-0.39, 0.29) is 12.4 Å².